The first-order chi connectivity index (χ1) is 8.56. The molecule has 0 unspecified atom stereocenters. The van der Waals surface area contributed by atoms with Crippen LogP contribution in [0, 0.1) is 6.92 Å². The van der Waals surface area contributed by atoms with Gasteiger partial charge in [0.15, 0.2) is 12.4 Å². The van der Waals surface area contributed by atoms with Crippen LogP contribution in [0.3, 0.4) is 0 Å². The van der Waals surface area contributed by atoms with Gasteiger partial charge in [-0.3, -0.25) is 4.18 Å². The number of pyridine rings is 1. The Hall–Kier alpha value is -1.72. The molecule has 1 aromatic carbocycles. The van der Waals surface area contributed by atoms with Gasteiger partial charge in [-0.1, -0.05) is 23.8 Å². The third-order valence-electron chi connectivity index (χ3n) is 2.14. The van der Waals surface area contributed by atoms with E-state index in [1.165, 1.54) is 12.1 Å². The van der Waals surface area contributed by atoms with E-state index in [-0.39, 0.29) is 4.90 Å². The molecule has 0 amide bonds. The van der Waals surface area contributed by atoms with Crippen LogP contribution in [0.15, 0.2) is 59.8 Å². The number of hydrogen-bond acceptors (Lipinski definition) is 3. The Morgan fingerprint density at radius 2 is 1.56 bits per heavy atom. The van der Waals surface area contributed by atoms with Crippen LogP contribution in [0.1, 0.15) is 5.56 Å². The molecule has 18 heavy (non-hydrogen) atoms. The van der Waals surface area contributed by atoms with Crippen LogP contribution in [-0.2, 0) is 14.3 Å². The second kappa shape index (κ2) is 6.88. The van der Waals surface area contributed by atoms with Gasteiger partial charge in [0.25, 0.3) is 10.1 Å². The predicted molar refractivity (Wildman–Crippen MR) is 68.4 cm³/mol. The Labute approximate surface area is 107 Å². The second-order valence-corrected chi connectivity index (χ2v) is 5.22. The first kappa shape index (κ1) is 14.3. The van der Waals surface area contributed by atoms with E-state index in [1.54, 1.807) is 12.1 Å². The molecule has 1 N–H and O–H groups in total. The van der Waals surface area contributed by atoms with Gasteiger partial charge in [0.05, 0.1) is 12.0 Å². The third-order valence-corrected chi connectivity index (χ3v) is 3.42. The zero-order valence-electron chi connectivity index (χ0n) is 10.3. The van der Waals surface area contributed by atoms with Gasteiger partial charge in [0.1, 0.15) is 0 Å². The quantitative estimate of drug-likeness (QED) is 0.779. The van der Waals surface area contributed by atoms with Crippen LogP contribution in [-0.4, -0.2) is 15.5 Å². The summed E-state index contributed by atoms with van der Waals surface area (Å²) in [5.74, 6) is 0. The Balaban J connectivity index is 0.000000225. The first-order valence-electron chi connectivity index (χ1n) is 5.34. The summed E-state index contributed by atoms with van der Waals surface area (Å²) in [6.45, 7) is 1.89. The molecule has 0 fully saturated rings. The van der Waals surface area contributed by atoms with Crippen LogP contribution in [0.4, 0.5) is 0 Å². The molecule has 0 bridgehead atoms. The lowest BCUT2D eigenvalue weighted by molar-refractivity contribution is -0.377. The van der Waals surface area contributed by atoms with Crippen molar-refractivity contribution in [2.75, 3.05) is 7.11 Å². The van der Waals surface area contributed by atoms with Gasteiger partial charge in [-0.15, -0.1) is 0 Å². The molecule has 0 saturated heterocycles. The molecule has 0 saturated carbocycles. The number of nitrogens with one attached hydrogen (secondary N) is 1. The molecule has 0 atom stereocenters. The fourth-order valence-corrected chi connectivity index (χ4v) is 1.80. The normalized spacial score (nSPS) is 10.3. The molecule has 96 valence electrons. The van der Waals surface area contributed by atoms with E-state index in [4.69, 9.17) is 0 Å². The summed E-state index contributed by atoms with van der Waals surface area (Å²) in [5.41, 5.74) is 1.02. The first-order valence-corrected chi connectivity index (χ1v) is 6.75. The van der Waals surface area contributed by atoms with E-state index in [2.05, 4.69) is 9.17 Å². The van der Waals surface area contributed by atoms with E-state index in [1.807, 2.05) is 37.5 Å². The highest BCUT2D eigenvalue weighted by Crippen LogP contribution is 2.11. The molecule has 2 rings (SSSR count). The zero-order chi connectivity index (χ0) is 13.4. The van der Waals surface area contributed by atoms with Crippen LogP contribution < -0.4 is 4.98 Å². The van der Waals surface area contributed by atoms with Gasteiger partial charge >= 0.3 is 0 Å². The van der Waals surface area contributed by atoms with Crippen molar-refractivity contribution in [3.05, 3.63) is 60.4 Å². The lowest BCUT2D eigenvalue weighted by Crippen LogP contribution is -2.02. The van der Waals surface area contributed by atoms with Crippen molar-refractivity contribution in [3.8, 4) is 0 Å². The number of aryl methyl sites for hydroxylation is 1. The van der Waals surface area contributed by atoms with E-state index in [0.717, 1.165) is 12.7 Å². The molecule has 0 aliphatic carbocycles. The molecule has 4 nitrogen and oxygen atoms in total. The van der Waals surface area contributed by atoms with Crippen LogP contribution >= 0.6 is 0 Å². The predicted octanol–water partition coefficient (Wildman–Crippen LogP) is 1.83. The van der Waals surface area contributed by atoms with Gasteiger partial charge in [-0.2, -0.15) is 8.42 Å². The molecule has 0 radical (unpaired) electrons. The van der Waals surface area contributed by atoms with Crippen molar-refractivity contribution >= 4 is 10.1 Å². The molecular formula is C13H16NO3S+. The van der Waals surface area contributed by atoms with Crippen molar-refractivity contribution in [1.82, 2.24) is 0 Å². The number of aromatic amines is 1. The molecule has 5 heteroatoms. The van der Waals surface area contributed by atoms with E-state index >= 15 is 0 Å². The van der Waals surface area contributed by atoms with Crippen LogP contribution in [0.2, 0.25) is 0 Å². The minimum atomic E-state index is -3.51. The van der Waals surface area contributed by atoms with Crippen molar-refractivity contribution in [3.63, 3.8) is 0 Å². The minimum absolute atomic E-state index is 0.190. The number of hydrogen-bond donors (Lipinski definition) is 0. The number of rotatable bonds is 2. The third kappa shape index (κ3) is 4.65. The van der Waals surface area contributed by atoms with Crippen LogP contribution in [0.5, 0.6) is 0 Å². The Morgan fingerprint density at radius 3 is 1.89 bits per heavy atom. The standard InChI is InChI=1S/C8H10O3S.C5H5N/c1-7-3-5-8(6-4-7)12(9,10)11-2;1-2-4-6-5-3-1/h3-6H,1-2H3;1-5H/p+1. The average Bonchev–Trinajstić information content (AvgIpc) is 2.42. The summed E-state index contributed by atoms with van der Waals surface area (Å²) < 4.78 is 26.5. The molecule has 0 aliphatic rings. The van der Waals surface area contributed by atoms with Crippen molar-refractivity contribution in [2.24, 2.45) is 0 Å². The lowest BCUT2D eigenvalue weighted by Gasteiger charge is -2.00. The van der Waals surface area contributed by atoms with E-state index in [0.29, 0.717) is 0 Å². The molecule has 2 aromatic rings. The minimum Gasteiger partial charge on any atom is -0.270 e. The second-order valence-electron chi connectivity index (χ2n) is 3.51. The molecule has 0 spiro atoms. The smallest absolute Gasteiger partial charge is 0.270 e. The maximum atomic E-state index is 11.1. The number of aromatic nitrogens is 1. The number of benzene rings is 1. The molecular weight excluding hydrogens is 250 g/mol. The summed E-state index contributed by atoms with van der Waals surface area (Å²) in [4.78, 5) is 3.08. The van der Waals surface area contributed by atoms with Crippen molar-refractivity contribution in [1.29, 1.82) is 0 Å². The molecule has 1 aromatic heterocycles. The Bertz CT molecular complexity index is 524. The molecule has 1 heterocycles. The topological polar surface area (TPSA) is 57.5 Å². The number of H-pyrrole nitrogens is 1. The average molecular weight is 266 g/mol. The monoisotopic (exact) mass is 266 g/mol. The van der Waals surface area contributed by atoms with Gasteiger partial charge < -0.3 is 0 Å². The van der Waals surface area contributed by atoms with E-state index < -0.39 is 10.1 Å². The van der Waals surface area contributed by atoms with Crippen molar-refractivity contribution in [2.45, 2.75) is 11.8 Å². The summed E-state index contributed by atoms with van der Waals surface area (Å²) >= 11 is 0. The highest BCUT2D eigenvalue weighted by atomic mass is 32.2. The van der Waals surface area contributed by atoms with Gasteiger partial charge in [0, 0.05) is 12.1 Å². The Morgan fingerprint density at radius 1 is 1.00 bits per heavy atom. The van der Waals surface area contributed by atoms with Gasteiger partial charge in [-0.25, -0.2) is 4.98 Å². The lowest BCUT2D eigenvalue weighted by atomic mass is 10.2. The highest BCUT2D eigenvalue weighted by molar-refractivity contribution is 7.86. The van der Waals surface area contributed by atoms with Gasteiger partial charge in [-0.05, 0) is 19.1 Å². The highest BCUT2D eigenvalue weighted by Gasteiger charge is 2.10. The van der Waals surface area contributed by atoms with E-state index in [9.17, 15) is 8.42 Å². The Kier molecular flexibility index (Phi) is 5.48. The zero-order valence-corrected chi connectivity index (χ0v) is 11.1. The fourth-order valence-electron chi connectivity index (χ4n) is 1.14. The maximum Gasteiger partial charge on any atom is 0.296 e. The maximum absolute atomic E-state index is 11.1. The molecule has 0 aliphatic heterocycles. The van der Waals surface area contributed by atoms with Crippen LogP contribution in [0.25, 0.3) is 0 Å². The summed E-state index contributed by atoms with van der Waals surface area (Å²) in [7, 11) is -2.37. The fraction of sp³-hybridized carbons (Fsp3) is 0.154. The van der Waals surface area contributed by atoms with Gasteiger partial charge in [0.2, 0.25) is 0 Å². The largest absolute Gasteiger partial charge is 0.296 e. The van der Waals surface area contributed by atoms with Crippen molar-refractivity contribution < 1.29 is 17.6 Å². The summed E-state index contributed by atoms with van der Waals surface area (Å²) in [5, 5.41) is 0. The summed E-state index contributed by atoms with van der Waals surface area (Å²) in [6, 6.07) is 12.4. The SMILES string of the molecule is COS(=O)(=O)c1ccc(C)cc1.c1cc[nH+]cc1. The summed E-state index contributed by atoms with van der Waals surface area (Å²) in [6.07, 6.45) is 3.75.